The van der Waals surface area contributed by atoms with Crippen LogP contribution in [0.3, 0.4) is 0 Å². The van der Waals surface area contributed by atoms with Gasteiger partial charge >= 0.3 is 6.03 Å². The summed E-state index contributed by atoms with van der Waals surface area (Å²) < 4.78 is 18.0. The van der Waals surface area contributed by atoms with Gasteiger partial charge in [0, 0.05) is 5.69 Å². The van der Waals surface area contributed by atoms with Crippen LogP contribution in [0.15, 0.2) is 48.5 Å². The number of hydrogen-bond donors (Lipinski definition) is 3. The van der Waals surface area contributed by atoms with Crippen LogP contribution in [-0.2, 0) is 0 Å². The summed E-state index contributed by atoms with van der Waals surface area (Å²) >= 11 is 0. The molecule has 0 fully saturated rings. The summed E-state index contributed by atoms with van der Waals surface area (Å²) in [5.74, 6) is 0.410. The maximum absolute atomic E-state index is 12.7. The normalized spacial score (nSPS) is 9.81. The molecular formula is C15H16FN3O2. The van der Waals surface area contributed by atoms with Gasteiger partial charge in [-0.1, -0.05) is 0 Å². The Kier molecular flexibility index (Phi) is 4.98. The van der Waals surface area contributed by atoms with E-state index in [9.17, 15) is 9.18 Å². The maximum atomic E-state index is 12.7. The lowest BCUT2D eigenvalue weighted by molar-refractivity contribution is 0.254. The summed E-state index contributed by atoms with van der Waals surface area (Å²) in [5, 5.41) is 2.57. The van der Waals surface area contributed by atoms with E-state index in [0.717, 1.165) is 5.75 Å². The Morgan fingerprint density at radius 3 is 2.29 bits per heavy atom. The summed E-state index contributed by atoms with van der Waals surface area (Å²) in [6.07, 6.45) is 0. The van der Waals surface area contributed by atoms with Crippen LogP contribution in [0.4, 0.5) is 20.6 Å². The molecule has 0 aliphatic carbocycles. The lowest BCUT2D eigenvalue weighted by atomic mass is 10.3. The molecule has 2 aromatic rings. The van der Waals surface area contributed by atoms with Crippen LogP contribution in [0, 0.1) is 5.82 Å². The first-order chi connectivity index (χ1) is 10.2. The van der Waals surface area contributed by atoms with Gasteiger partial charge in [0.2, 0.25) is 0 Å². The SMILES string of the molecule is CCOc1ccc(NNC(=O)Nc2ccc(F)cc2)cc1. The number of rotatable bonds is 5. The third kappa shape index (κ3) is 4.68. The van der Waals surface area contributed by atoms with Crippen LogP contribution in [0.25, 0.3) is 0 Å². The maximum Gasteiger partial charge on any atom is 0.337 e. The third-order valence-electron chi connectivity index (χ3n) is 2.59. The number of carbonyl (C=O) groups excluding carboxylic acids is 1. The first-order valence-electron chi connectivity index (χ1n) is 6.49. The minimum atomic E-state index is -0.449. The Labute approximate surface area is 122 Å². The zero-order valence-corrected chi connectivity index (χ0v) is 11.5. The van der Waals surface area contributed by atoms with Crippen molar-refractivity contribution in [2.75, 3.05) is 17.3 Å². The fourth-order valence-corrected chi connectivity index (χ4v) is 1.63. The monoisotopic (exact) mass is 289 g/mol. The van der Waals surface area contributed by atoms with Crippen LogP contribution >= 0.6 is 0 Å². The Morgan fingerprint density at radius 2 is 1.67 bits per heavy atom. The number of benzene rings is 2. The van der Waals surface area contributed by atoms with Gasteiger partial charge in [-0.05, 0) is 55.5 Å². The van der Waals surface area contributed by atoms with Crippen molar-refractivity contribution in [2.24, 2.45) is 0 Å². The zero-order valence-electron chi connectivity index (χ0n) is 11.5. The summed E-state index contributed by atoms with van der Waals surface area (Å²) in [5.41, 5.74) is 6.45. The van der Waals surface area contributed by atoms with Crippen LogP contribution < -0.4 is 20.9 Å². The van der Waals surface area contributed by atoms with Crippen LogP contribution in [-0.4, -0.2) is 12.6 Å². The second-order valence-electron chi connectivity index (χ2n) is 4.17. The van der Waals surface area contributed by atoms with Crippen LogP contribution in [0.5, 0.6) is 5.75 Å². The molecule has 0 atom stereocenters. The van der Waals surface area contributed by atoms with E-state index >= 15 is 0 Å². The fraction of sp³-hybridized carbons (Fsp3) is 0.133. The van der Waals surface area contributed by atoms with Gasteiger partial charge in [-0.3, -0.25) is 10.9 Å². The second-order valence-corrected chi connectivity index (χ2v) is 4.17. The van der Waals surface area contributed by atoms with Crippen molar-refractivity contribution in [2.45, 2.75) is 6.92 Å². The molecule has 0 aliphatic rings. The van der Waals surface area contributed by atoms with Gasteiger partial charge in [-0.25, -0.2) is 9.18 Å². The number of carbonyl (C=O) groups is 1. The zero-order chi connectivity index (χ0) is 15.1. The van der Waals surface area contributed by atoms with E-state index in [1.165, 1.54) is 24.3 Å². The number of hydrazine groups is 1. The van der Waals surface area contributed by atoms with E-state index in [4.69, 9.17) is 4.74 Å². The fourth-order valence-electron chi connectivity index (χ4n) is 1.63. The van der Waals surface area contributed by atoms with Crippen molar-refractivity contribution < 1.29 is 13.9 Å². The Morgan fingerprint density at radius 1 is 1.05 bits per heavy atom. The number of urea groups is 1. The topological polar surface area (TPSA) is 62.4 Å². The van der Waals surface area contributed by atoms with Crippen molar-refractivity contribution in [3.05, 3.63) is 54.3 Å². The predicted octanol–water partition coefficient (Wildman–Crippen LogP) is 3.37. The standard InChI is InChI=1S/C15H16FN3O2/c1-2-21-14-9-7-13(8-10-14)18-19-15(20)17-12-5-3-11(16)4-6-12/h3-10,18H,2H2,1H3,(H2,17,19,20). The quantitative estimate of drug-likeness (QED) is 0.739. The molecule has 110 valence electrons. The van der Waals surface area contributed by atoms with Gasteiger partial charge in [-0.2, -0.15) is 0 Å². The Balaban J connectivity index is 1.81. The average molecular weight is 289 g/mol. The van der Waals surface area contributed by atoms with E-state index in [1.807, 2.05) is 6.92 Å². The number of ether oxygens (including phenoxy) is 1. The van der Waals surface area contributed by atoms with Gasteiger partial charge in [-0.15, -0.1) is 0 Å². The van der Waals surface area contributed by atoms with Crippen molar-refractivity contribution in [3.8, 4) is 5.75 Å². The van der Waals surface area contributed by atoms with E-state index in [0.29, 0.717) is 18.0 Å². The van der Waals surface area contributed by atoms with Gasteiger partial charge in [0.05, 0.1) is 12.3 Å². The molecule has 21 heavy (non-hydrogen) atoms. The number of halogens is 1. The molecule has 0 bridgehead atoms. The molecule has 0 spiro atoms. The van der Waals surface area contributed by atoms with E-state index < -0.39 is 6.03 Å². The number of hydrogen-bond acceptors (Lipinski definition) is 3. The highest BCUT2D eigenvalue weighted by molar-refractivity contribution is 5.89. The van der Waals surface area contributed by atoms with Gasteiger partial charge < -0.3 is 10.1 Å². The molecule has 0 unspecified atom stereocenters. The number of anilines is 2. The van der Waals surface area contributed by atoms with Crippen LogP contribution in [0.1, 0.15) is 6.92 Å². The highest BCUT2D eigenvalue weighted by atomic mass is 19.1. The molecule has 0 saturated carbocycles. The Hall–Kier alpha value is -2.76. The highest BCUT2D eigenvalue weighted by Crippen LogP contribution is 2.14. The molecular weight excluding hydrogens is 273 g/mol. The smallest absolute Gasteiger partial charge is 0.337 e. The molecule has 2 aromatic carbocycles. The lowest BCUT2D eigenvalue weighted by Crippen LogP contribution is -2.33. The highest BCUT2D eigenvalue weighted by Gasteiger charge is 2.01. The predicted molar refractivity (Wildman–Crippen MR) is 79.8 cm³/mol. The largest absolute Gasteiger partial charge is 0.494 e. The third-order valence-corrected chi connectivity index (χ3v) is 2.59. The van der Waals surface area contributed by atoms with Crippen molar-refractivity contribution in [1.29, 1.82) is 0 Å². The first-order valence-corrected chi connectivity index (χ1v) is 6.49. The Bertz CT molecular complexity index is 585. The van der Waals surface area contributed by atoms with E-state index in [-0.39, 0.29) is 5.82 Å². The second kappa shape index (κ2) is 7.14. The summed E-state index contributed by atoms with van der Waals surface area (Å²) in [7, 11) is 0. The van der Waals surface area contributed by atoms with Crippen molar-refractivity contribution in [3.63, 3.8) is 0 Å². The molecule has 2 amide bonds. The molecule has 0 aliphatic heterocycles. The van der Waals surface area contributed by atoms with Crippen molar-refractivity contribution in [1.82, 2.24) is 5.43 Å². The first kappa shape index (κ1) is 14.6. The minimum Gasteiger partial charge on any atom is -0.494 e. The molecule has 6 heteroatoms. The van der Waals surface area contributed by atoms with Gasteiger partial charge in [0.15, 0.2) is 0 Å². The average Bonchev–Trinajstić information content (AvgIpc) is 2.49. The molecule has 3 N–H and O–H groups in total. The molecule has 0 aromatic heterocycles. The summed E-state index contributed by atoms with van der Waals surface area (Å²) in [6.45, 7) is 2.51. The lowest BCUT2D eigenvalue weighted by Gasteiger charge is -2.10. The molecule has 2 rings (SSSR count). The molecule has 5 nitrogen and oxygen atoms in total. The molecule has 0 heterocycles. The number of nitrogens with one attached hydrogen (secondary N) is 3. The number of amides is 2. The molecule has 0 radical (unpaired) electrons. The molecule has 0 saturated heterocycles. The summed E-state index contributed by atoms with van der Waals surface area (Å²) in [4.78, 5) is 11.6. The van der Waals surface area contributed by atoms with E-state index in [2.05, 4.69) is 16.2 Å². The van der Waals surface area contributed by atoms with E-state index in [1.54, 1.807) is 24.3 Å². The minimum absolute atomic E-state index is 0.353. The van der Waals surface area contributed by atoms with Gasteiger partial charge in [0.25, 0.3) is 0 Å². The van der Waals surface area contributed by atoms with Crippen LogP contribution in [0.2, 0.25) is 0 Å². The van der Waals surface area contributed by atoms with Crippen molar-refractivity contribution >= 4 is 17.4 Å². The summed E-state index contributed by atoms with van der Waals surface area (Å²) in [6, 6.07) is 12.2. The van der Waals surface area contributed by atoms with Gasteiger partial charge in [0.1, 0.15) is 11.6 Å².